The molecule has 0 unspecified atom stereocenters. The standard InChI is InChI=1S/C19H34N2O4/c1-17(2,3)14(20-16(24)25-18(4,5)6)15(23)21-9-11-13(12(21)10-22)19(11,7)8/h11-14,22H,9-10H2,1-8H3,(H,20,24)/t11-,12+,13-,14+/m0/s1. The van der Waals surface area contributed by atoms with Gasteiger partial charge < -0.3 is 20.1 Å². The summed E-state index contributed by atoms with van der Waals surface area (Å²) in [5.41, 5.74) is -0.904. The van der Waals surface area contributed by atoms with Crippen molar-refractivity contribution in [1.29, 1.82) is 0 Å². The molecule has 2 aliphatic rings. The number of nitrogens with zero attached hydrogens (tertiary/aromatic N) is 1. The van der Waals surface area contributed by atoms with E-state index in [0.717, 1.165) is 0 Å². The molecule has 144 valence electrons. The molecule has 25 heavy (non-hydrogen) atoms. The minimum absolute atomic E-state index is 0.0420. The summed E-state index contributed by atoms with van der Waals surface area (Å²) in [6.07, 6.45) is -0.592. The van der Waals surface area contributed by atoms with Crippen LogP contribution in [0.15, 0.2) is 0 Å². The lowest BCUT2D eigenvalue weighted by atomic mass is 9.85. The highest BCUT2D eigenvalue weighted by atomic mass is 16.6. The maximum absolute atomic E-state index is 13.2. The number of nitrogens with one attached hydrogen (secondary N) is 1. The van der Waals surface area contributed by atoms with Gasteiger partial charge in [0.25, 0.3) is 0 Å². The Bertz CT molecular complexity index is 545. The van der Waals surface area contributed by atoms with Crippen molar-refractivity contribution < 1.29 is 19.4 Å². The van der Waals surface area contributed by atoms with Crippen LogP contribution in [0, 0.1) is 22.7 Å². The summed E-state index contributed by atoms with van der Waals surface area (Å²) in [4.78, 5) is 27.2. The van der Waals surface area contributed by atoms with Gasteiger partial charge in [-0.3, -0.25) is 4.79 Å². The number of rotatable bonds is 3. The molecule has 1 aliphatic carbocycles. The van der Waals surface area contributed by atoms with Crippen LogP contribution in [0.25, 0.3) is 0 Å². The van der Waals surface area contributed by atoms with E-state index in [0.29, 0.717) is 18.4 Å². The molecule has 2 rings (SSSR count). The Balaban J connectivity index is 2.14. The number of likely N-dealkylation sites (tertiary alicyclic amines) is 1. The lowest BCUT2D eigenvalue weighted by molar-refractivity contribution is -0.139. The third-order valence-electron chi connectivity index (χ3n) is 5.59. The van der Waals surface area contributed by atoms with Gasteiger partial charge in [0.05, 0.1) is 12.6 Å². The Morgan fingerprint density at radius 1 is 1.24 bits per heavy atom. The first-order valence-corrected chi connectivity index (χ1v) is 9.11. The van der Waals surface area contributed by atoms with Crippen molar-refractivity contribution in [2.45, 2.75) is 73.1 Å². The number of hydrogen-bond acceptors (Lipinski definition) is 4. The fourth-order valence-corrected chi connectivity index (χ4v) is 4.15. The topological polar surface area (TPSA) is 78.9 Å². The fraction of sp³-hybridized carbons (Fsp3) is 0.895. The molecule has 1 aliphatic heterocycles. The monoisotopic (exact) mass is 354 g/mol. The third kappa shape index (κ3) is 3.94. The van der Waals surface area contributed by atoms with Crippen molar-refractivity contribution in [3.63, 3.8) is 0 Å². The molecule has 6 nitrogen and oxygen atoms in total. The van der Waals surface area contributed by atoms with E-state index < -0.39 is 23.2 Å². The number of carbonyl (C=O) groups is 2. The van der Waals surface area contributed by atoms with Crippen molar-refractivity contribution in [3.05, 3.63) is 0 Å². The van der Waals surface area contributed by atoms with Crippen LogP contribution >= 0.6 is 0 Å². The lowest BCUT2D eigenvalue weighted by Gasteiger charge is -2.37. The molecule has 0 spiro atoms. The van der Waals surface area contributed by atoms with Crippen LogP contribution in [0.2, 0.25) is 0 Å². The smallest absolute Gasteiger partial charge is 0.408 e. The van der Waals surface area contributed by atoms with E-state index >= 15 is 0 Å². The number of amides is 2. The van der Waals surface area contributed by atoms with Gasteiger partial charge in [0, 0.05) is 6.54 Å². The molecule has 2 fully saturated rings. The highest BCUT2D eigenvalue weighted by molar-refractivity contribution is 5.87. The van der Waals surface area contributed by atoms with E-state index in [1.165, 1.54) is 0 Å². The summed E-state index contributed by atoms with van der Waals surface area (Å²) >= 11 is 0. The maximum Gasteiger partial charge on any atom is 0.408 e. The van der Waals surface area contributed by atoms with E-state index in [-0.39, 0.29) is 24.0 Å². The van der Waals surface area contributed by atoms with Crippen molar-refractivity contribution in [1.82, 2.24) is 10.2 Å². The number of carbonyl (C=O) groups excluding carboxylic acids is 2. The molecular weight excluding hydrogens is 320 g/mol. The summed E-state index contributed by atoms with van der Waals surface area (Å²) in [6.45, 7) is 16.1. The van der Waals surface area contributed by atoms with Crippen LogP contribution < -0.4 is 5.32 Å². The molecule has 1 saturated carbocycles. The predicted molar refractivity (Wildman–Crippen MR) is 96.0 cm³/mol. The van der Waals surface area contributed by atoms with E-state index in [1.807, 2.05) is 20.8 Å². The molecule has 0 aromatic rings. The number of alkyl carbamates (subject to hydrolysis) is 1. The van der Waals surface area contributed by atoms with Crippen molar-refractivity contribution in [3.8, 4) is 0 Å². The number of piperidine rings is 1. The van der Waals surface area contributed by atoms with Crippen LogP contribution in [0.4, 0.5) is 4.79 Å². The Morgan fingerprint density at radius 3 is 2.24 bits per heavy atom. The van der Waals surface area contributed by atoms with Crippen LogP contribution in [0.1, 0.15) is 55.4 Å². The minimum atomic E-state index is -0.697. The van der Waals surface area contributed by atoms with Crippen LogP contribution in [0.3, 0.4) is 0 Å². The molecule has 4 atom stereocenters. The van der Waals surface area contributed by atoms with E-state index in [2.05, 4.69) is 19.2 Å². The molecule has 2 N–H and O–H groups in total. The largest absolute Gasteiger partial charge is 0.444 e. The number of aliphatic hydroxyl groups excluding tert-OH is 1. The molecule has 0 radical (unpaired) electrons. The number of fused-ring (bicyclic) bond motifs is 1. The SMILES string of the molecule is CC(C)(C)OC(=O)N[C@H](C(=O)N1C[C@H]2[C@@H]([C@H]1CO)C2(C)C)C(C)(C)C. The summed E-state index contributed by atoms with van der Waals surface area (Å²) in [6, 6.07) is -0.866. The highest BCUT2D eigenvalue weighted by Gasteiger charge is 2.67. The Hall–Kier alpha value is -1.30. The molecule has 1 saturated heterocycles. The highest BCUT2D eigenvalue weighted by Crippen LogP contribution is 2.64. The van der Waals surface area contributed by atoms with Gasteiger partial charge in [0.15, 0.2) is 0 Å². The second-order valence-electron chi connectivity index (χ2n) is 10.1. The summed E-state index contributed by atoms with van der Waals surface area (Å²) < 4.78 is 5.32. The second-order valence-corrected chi connectivity index (χ2v) is 10.1. The average molecular weight is 354 g/mol. The first-order valence-electron chi connectivity index (χ1n) is 9.11. The number of ether oxygens (including phenoxy) is 1. The molecular formula is C19H34N2O4. The van der Waals surface area contributed by atoms with Gasteiger partial charge in [-0.1, -0.05) is 34.6 Å². The first kappa shape index (κ1) is 20.0. The first-order chi connectivity index (χ1) is 11.2. The van der Waals surface area contributed by atoms with Crippen LogP contribution in [-0.4, -0.2) is 52.8 Å². The van der Waals surface area contributed by atoms with E-state index in [4.69, 9.17) is 4.74 Å². The van der Waals surface area contributed by atoms with E-state index in [9.17, 15) is 14.7 Å². The van der Waals surface area contributed by atoms with Crippen molar-refractivity contribution in [2.75, 3.05) is 13.2 Å². The Morgan fingerprint density at radius 2 is 1.80 bits per heavy atom. The fourth-order valence-electron chi connectivity index (χ4n) is 4.15. The summed E-state index contributed by atoms with van der Waals surface area (Å²) in [5.74, 6) is 0.625. The van der Waals surface area contributed by atoms with Gasteiger partial charge >= 0.3 is 6.09 Å². The van der Waals surface area contributed by atoms with E-state index in [1.54, 1.807) is 25.7 Å². The van der Waals surface area contributed by atoms with Gasteiger partial charge in [0.2, 0.25) is 5.91 Å². The molecule has 1 heterocycles. The molecule has 6 heteroatoms. The zero-order valence-corrected chi connectivity index (χ0v) is 16.8. The third-order valence-corrected chi connectivity index (χ3v) is 5.59. The Labute approximate surface area is 151 Å². The normalized spacial score (nSPS) is 29.0. The van der Waals surface area contributed by atoms with Crippen LogP contribution in [-0.2, 0) is 9.53 Å². The van der Waals surface area contributed by atoms with Gasteiger partial charge in [-0.25, -0.2) is 4.79 Å². The molecule has 0 aromatic heterocycles. The summed E-state index contributed by atoms with van der Waals surface area (Å²) in [7, 11) is 0. The maximum atomic E-state index is 13.2. The van der Waals surface area contributed by atoms with Crippen molar-refractivity contribution in [2.24, 2.45) is 22.7 Å². The molecule has 0 bridgehead atoms. The number of hydrogen-bond donors (Lipinski definition) is 2. The quantitative estimate of drug-likeness (QED) is 0.816. The zero-order chi connectivity index (χ0) is 19.4. The molecule has 2 amide bonds. The average Bonchev–Trinajstić information content (AvgIpc) is 2.81. The zero-order valence-electron chi connectivity index (χ0n) is 16.8. The van der Waals surface area contributed by atoms with Crippen molar-refractivity contribution >= 4 is 12.0 Å². The van der Waals surface area contributed by atoms with Gasteiger partial charge in [0.1, 0.15) is 11.6 Å². The van der Waals surface area contributed by atoms with Gasteiger partial charge in [-0.05, 0) is 43.4 Å². The van der Waals surface area contributed by atoms with Gasteiger partial charge in [-0.2, -0.15) is 0 Å². The van der Waals surface area contributed by atoms with Crippen LogP contribution in [0.5, 0.6) is 0 Å². The second kappa shape index (κ2) is 6.15. The molecule has 0 aromatic carbocycles. The number of aliphatic hydroxyl groups is 1. The van der Waals surface area contributed by atoms with Gasteiger partial charge in [-0.15, -0.1) is 0 Å². The summed E-state index contributed by atoms with van der Waals surface area (Å²) in [5, 5.41) is 12.6. The Kier molecular flexibility index (Phi) is 4.92. The minimum Gasteiger partial charge on any atom is -0.444 e. The predicted octanol–water partition coefficient (Wildman–Crippen LogP) is 2.40. The lowest BCUT2D eigenvalue weighted by Crippen LogP contribution is -2.57.